The molecular formula is C16H21FO2. The molecule has 0 amide bonds. The van der Waals surface area contributed by atoms with Crippen LogP contribution in [-0.4, -0.2) is 18.3 Å². The smallest absolute Gasteiger partial charge is 0.126 e. The Hall–Kier alpha value is -1.09. The second-order valence-electron chi connectivity index (χ2n) is 4.88. The number of benzene rings is 1. The van der Waals surface area contributed by atoms with Crippen molar-refractivity contribution in [1.82, 2.24) is 0 Å². The van der Waals surface area contributed by atoms with E-state index in [-0.39, 0.29) is 11.7 Å². The fourth-order valence-corrected chi connectivity index (χ4v) is 1.99. The zero-order valence-corrected chi connectivity index (χ0v) is 10.7. The largest absolute Gasteiger partial charge is 0.491 e. The van der Waals surface area contributed by atoms with Crippen molar-refractivity contribution in [3.05, 3.63) is 29.6 Å². The molecule has 0 spiro atoms. The third-order valence-corrected chi connectivity index (χ3v) is 3.06. The average Bonchev–Trinajstić information content (AvgIpc) is 2.78. The van der Waals surface area contributed by atoms with Crippen molar-refractivity contribution < 1.29 is 26.2 Å². The minimum Gasteiger partial charge on any atom is -0.491 e. The molecule has 0 aromatic heterocycles. The summed E-state index contributed by atoms with van der Waals surface area (Å²) in [6.07, 6.45) is -15.5. The van der Waals surface area contributed by atoms with E-state index in [4.69, 9.17) is 21.8 Å². The fourth-order valence-electron chi connectivity index (χ4n) is 1.99. The second kappa shape index (κ2) is 4.78. The van der Waals surface area contributed by atoms with Crippen LogP contribution in [-0.2, 0) is 4.74 Å². The molecule has 0 unspecified atom stereocenters. The highest BCUT2D eigenvalue weighted by molar-refractivity contribution is 5.31. The highest BCUT2D eigenvalue weighted by atomic mass is 19.1. The van der Waals surface area contributed by atoms with Gasteiger partial charge in [0.15, 0.2) is 0 Å². The minimum absolute atomic E-state index is 0.0742. The molecule has 2 bridgehead atoms. The lowest BCUT2D eigenvalue weighted by molar-refractivity contribution is -0.0199. The summed E-state index contributed by atoms with van der Waals surface area (Å²) in [6.45, 7) is 2.62. The van der Waals surface area contributed by atoms with Crippen LogP contribution in [0.25, 0.3) is 0 Å². The van der Waals surface area contributed by atoms with Gasteiger partial charge >= 0.3 is 0 Å². The molecule has 1 aromatic carbocycles. The van der Waals surface area contributed by atoms with Crippen molar-refractivity contribution in [3.63, 3.8) is 0 Å². The molecule has 2 heterocycles. The van der Waals surface area contributed by atoms with E-state index < -0.39 is 49.6 Å². The van der Waals surface area contributed by atoms with Crippen LogP contribution >= 0.6 is 0 Å². The summed E-state index contributed by atoms with van der Waals surface area (Å²) >= 11 is 0. The molecule has 0 aliphatic carbocycles. The van der Waals surface area contributed by atoms with E-state index in [0.29, 0.717) is 5.56 Å². The van der Waals surface area contributed by atoms with Crippen molar-refractivity contribution in [3.8, 4) is 5.75 Å². The third kappa shape index (κ3) is 2.48. The maximum absolute atomic E-state index is 13.9. The first-order chi connectivity index (χ1) is 12.5. The van der Waals surface area contributed by atoms with Crippen LogP contribution < -0.4 is 4.74 Å². The van der Waals surface area contributed by atoms with Gasteiger partial charge in [-0.15, -0.1) is 0 Å². The molecule has 2 fully saturated rings. The molecule has 3 rings (SSSR count). The summed E-state index contributed by atoms with van der Waals surface area (Å²) in [4.78, 5) is 0. The van der Waals surface area contributed by atoms with Gasteiger partial charge in [-0.2, -0.15) is 0 Å². The van der Waals surface area contributed by atoms with E-state index in [2.05, 4.69) is 0 Å². The van der Waals surface area contributed by atoms with Crippen molar-refractivity contribution in [2.75, 3.05) is 6.61 Å². The van der Waals surface area contributed by atoms with Crippen LogP contribution in [0.4, 0.5) is 4.39 Å². The normalized spacial score (nSPS) is 50.6. The Balaban J connectivity index is 2.04. The molecule has 0 N–H and O–H groups in total. The van der Waals surface area contributed by atoms with E-state index in [0.717, 1.165) is 6.07 Å². The van der Waals surface area contributed by atoms with E-state index >= 15 is 0 Å². The lowest BCUT2D eigenvalue weighted by Crippen LogP contribution is -2.32. The molecule has 3 heteroatoms. The zero-order valence-electron chi connectivity index (χ0n) is 19.7. The maximum Gasteiger partial charge on any atom is 0.126 e. The van der Waals surface area contributed by atoms with Gasteiger partial charge in [-0.1, -0.05) is 13.8 Å². The third-order valence-electron chi connectivity index (χ3n) is 3.06. The molecule has 0 radical (unpaired) electrons. The summed E-state index contributed by atoms with van der Waals surface area (Å²) in [5.41, 5.74) is -2.40. The quantitative estimate of drug-likeness (QED) is 0.824. The van der Waals surface area contributed by atoms with Crippen molar-refractivity contribution in [2.45, 2.75) is 56.9 Å². The first-order valence-electron chi connectivity index (χ1n) is 10.6. The van der Waals surface area contributed by atoms with Crippen LogP contribution in [0.15, 0.2) is 18.2 Å². The van der Waals surface area contributed by atoms with Crippen molar-refractivity contribution in [1.29, 1.82) is 0 Å². The molecule has 0 atom stereocenters. The first kappa shape index (κ1) is 6.13. The number of ether oxygens (including phenoxy) is 2. The van der Waals surface area contributed by atoms with E-state index in [1.165, 1.54) is 12.1 Å². The molecular weight excluding hydrogens is 243 g/mol. The molecule has 2 nitrogen and oxygen atoms in total. The summed E-state index contributed by atoms with van der Waals surface area (Å²) in [5.74, 6) is -0.579. The molecule has 19 heavy (non-hydrogen) atoms. The van der Waals surface area contributed by atoms with Crippen LogP contribution in [0.1, 0.15) is 63.2 Å². The molecule has 1 aromatic rings. The summed E-state index contributed by atoms with van der Waals surface area (Å²) in [7, 11) is 0. The number of halogens is 1. The highest BCUT2D eigenvalue weighted by Gasteiger charge is 2.46. The minimum atomic E-state index is -3.15. The van der Waals surface area contributed by atoms with E-state index in [9.17, 15) is 4.39 Å². The maximum atomic E-state index is 13.9. The van der Waals surface area contributed by atoms with E-state index in [1.54, 1.807) is 13.8 Å². The van der Waals surface area contributed by atoms with Gasteiger partial charge in [-0.05, 0) is 55.2 Å². The summed E-state index contributed by atoms with van der Waals surface area (Å²) in [5, 5.41) is 0. The number of fused-ring (bicyclic) bond motifs is 2. The first-order valence-corrected chi connectivity index (χ1v) is 6.12. The summed E-state index contributed by atoms with van der Waals surface area (Å²) in [6, 6.07) is 3.76. The van der Waals surface area contributed by atoms with Crippen LogP contribution in [0.2, 0.25) is 0 Å². The van der Waals surface area contributed by atoms with Crippen LogP contribution in [0.3, 0.4) is 0 Å². The fraction of sp³-hybridized carbons (Fsp3) is 0.625. The standard InChI is InChI=1S/C16H21FO2/c1-11(2)14-9-13(3-4-15(14)17)18-10-16-7-5-12(19-16)6-8-16/h3-4,9,11-12H,5-8,10H2,1-2H3/i5D2,6D2,7D2,8D2,12D. The van der Waals surface area contributed by atoms with Gasteiger partial charge in [-0.3, -0.25) is 0 Å². The Bertz CT molecular complexity index is 781. The molecule has 2 aliphatic rings. The molecule has 2 saturated heterocycles. The summed E-state index contributed by atoms with van der Waals surface area (Å²) < 4.78 is 97.5. The predicted molar refractivity (Wildman–Crippen MR) is 72.1 cm³/mol. The average molecular weight is 273 g/mol. The van der Waals surface area contributed by atoms with Crippen LogP contribution in [0, 0.1) is 5.82 Å². The Morgan fingerprint density at radius 1 is 1.53 bits per heavy atom. The number of hydrogen-bond acceptors (Lipinski definition) is 2. The van der Waals surface area contributed by atoms with Gasteiger partial charge in [-0.25, -0.2) is 4.39 Å². The van der Waals surface area contributed by atoms with Crippen LogP contribution in [0.5, 0.6) is 5.75 Å². The van der Waals surface area contributed by atoms with Gasteiger partial charge in [0.25, 0.3) is 0 Å². The highest BCUT2D eigenvalue weighted by Crippen LogP contribution is 2.43. The predicted octanol–water partition coefficient (Wildman–Crippen LogP) is 4.04. The van der Waals surface area contributed by atoms with Gasteiger partial charge in [0.05, 0.1) is 7.45 Å². The lowest BCUT2D eigenvalue weighted by Gasteiger charge is -2.24. The van der Waals surface area contributed by atoms with Gasteiger partial charge < -0.3 is 9.47 Å². The second-order valence-corrected chi connectivity index (χ2v) is 4.88. The van der Waals surface area contributed by atoms with Crippen molar-refractivity contribution in [2.24, 2.45) is 0 Å². The number of hydrogen-bond donors (Lipinski definition) is 0. The SMILES string of the molecule is [2H]C1([2H])C([2H])([2H])C2(COc3ccc(F)c(C(C)C)c3)OC1([2H])C([2H])([2H])C2([2H])[2H]. The molecule has 0 saturated carbocycles. The number of rotatable bonds is 4. The lowest BCUT2D eigenvalue weighted by atomic mass is 9.89. The van der Waals surface area contributed by atoms with Gasteiger partial charge in [0.1, 0.15) is 23.8 Å². The Labute approximate surface area is 126 Å². The van der Waals surface area contributed by atoms with E-state index in [1.807, 2.05) is 0 Å². The van der Waals surface area contributed by atoms with Gasteiger partial charge in [0, 0.05) is 11.0 Å². The molecule has 104 valence electrons. The van der Waals surface area contributed by atoms with Gasteiger partial charge in [0.2, 0.25) is 0 Å². The topological polar surface area (TPSA) is 18.5 Å². The molecule has 2 aliphatic heterocycles. The monoisotopic (exact) mass is 273 g/mol. The Kier molecular flexibility index (Phi) is 1.54. The Morgan fingerprint density at radius 3 is 2.95 bits per heavy atom. The Morgan fingerprint density at radius 2 is 2.26 bits per heavy atom. The van der Waals surface area contributed by atoms with Crippen molar-refractivity contribution >= 4 is 0 Å². The zero-order chi connectivity index (χ0) is 21.6.